The number of nitrogens with zero attached hydrogens (tertiary/aromatic N) is 1. The summed E-state index contributed by atoms with van der Waals surface area (Å²) in [5, 5.41) is 2.62. The number of aromatic nitrogens is 2. The molecule has 2 saturated heterocycles. The second kappa shape index (κ2) is 5.08. The largest absolute Gasteiger partial charge is 0.441 e. The molecule has 10 heteroatoms. The molecule has 2 aliphatic rings. The number of imidazole rings is 1. The molecular weight excluding hydrogens is 336 g/mol. The van der Waals surface area contributed by atoms with E-state index >= 15 is 0 Å². The summed E-state index contributed by atoms with van der Waals surface area (Å²) in [5.41, 5.74) is 0.0258. The van der Waals surface area contributed by atoms with Crippen LogP contribution >= 0.6 is 0 Å². The average molecular weight is 352 g/mol. The molecule has 2 aliphatic heterocycles. The van der Waals surface area contributed by atoms with Gasteiger partial charge in [-0.15, -0.1) is 0 Å². The number of aromatic amines is 2. The van der Waals surface area contributed by atoms with Gasteiger partial charge in [0, 0.05) is 25.9 Å². The molecule has 2 fully saturated rings. The van der Waals surface area contributed by atoms with Crippen molar-refractivity contribution in [2.45, 2.75) is 23.3 Å². The number of nitrogens with one attached hydrogen (secondary N) is 3. The van der Waals surface area contributed by atoms with Crippen molar-refractivity contribution in [3.8, 4) is 0 Å². The first-order chi connectivity index (χ1) is 11.4. The number of sulfonamides is 1. The molecule has 0 atom stereocenters. The zero-order valence-corrected chi connectivity index (χ0v) is 13.5. The fourth-order valence-electron chi connectivity index (χ4n) is 3.24. The zero-order valence-electron chi connectivity index (χ0n) is 12.7. The van der Waals surface area contributed by atoms with E-state index in [2.05, 4.69) is 15.3 Å². The van der Waals surface area contributed by atoms with E-state index in [9.17, 15) is 18.0 Å². The van der Waals surface area contributed by atoms with E-state index in [1.165, 1.54) is 16.4 Å². The Bertz CT molecular complexity index is 968. The Kier molecular flexibility index (Phi) is 3.22. The van der Waals surface area contributed by atoms with E-state index in [-0.39, 0.29) is 23.7 Å². The highest BCUT2D eigenvalue weighted by Gasteiger charge is 2.45. The van der Waals surface area contributed by atoms with Crippen LogP contribution in [0.3, 0.4) is 0 Å². The lowest BCUT2D eigenvalue weighted by Gasteiger charge is -2.36. The minimum absolute atomic E-state index is 0.128. The number of piperidine rings is 1. The minimum Gasteiger partial charge on any atom is -0.441 e. The van der Waals surface area contributed by atoms with Gasteiger partial charge >= 0.3 is 11.8 Å². The van der Waals surface area contributed by atoms with Crippen molar-refractivity contribution in [3.05, 3.63) is 28.7 Å². The fourth-order valence-corrected chi connectivity index (χ4v) is 4.70. The van der Waals surface area contributed by atoms with Crippen LogP contribution in [-0.2, 0) is 14.8 Å². The third-order valence-electron chi connectivity index (χ3n) is 4.62. The molecule has 1 amide bonds. The number of fused-ring (bicyclic) bond motifs is 1. The molecule has 0 saturated carbocycles. The van der Waals surface area contributed by atoms with E-state index in [1.54, 1.807) is 6.07 Å². The fraction of sp³-hybridized carbons (Fsp3) is 0.429. The van der Waals surface area contributed by atoms with E-state index < -0.39 is 21.7 Å². The van der Waals surface area contributed by atoms with Gasteiger partial charge < -0.3 is 20.0 Å². The van der Waals surface area contributed by atoms with Gasteiger partial charge in [0.25, 0.3) is 0 Å². The lowest BCUT2D eigenvalue weighted by Crippen LogP contribution is -2.48. The molecule has 0 aliphatic carbocycles. The summed E-state index contributed by atoms with van der Waals surface area (Å²) in [4.78, 5) is 27.8. The van der Waals surface area contributed by atoms with E-state index in [0.29, 0.717) is 30.4 Å². The molecule has 1 spiro atoms. The van der Waals surface area contributed by atoms with Gasteiger partial charge in [0.15, 0.2) is 0 Å². The van der Waals surface area contributed by atoms with Crippen molar-refractivity contribution in [1.82, 2.24) is 19.6 Å². The highest BCUT2D eigenvalue weighted by atomic mass is 32.2. The molecule has 4 rings (SSSR count). The van der Waals surface area contributed by atoms with Crippen molar-refractivity contribution >= 4 is 27.1 Å². The molecule has 3 heterocycles. The van der Waals surface area contributed by atoms with Crippen LogP contribution in [0.5, 0.6) is 0 Å². The number of hydrogen-bond donors (Lipinski definition) is 3. The van der Waals surface area contributed by atoms with Crippen LogP contribution in [0.15, 0.2) is 27.9 Å². The van der Waals surface area contributed by atoms with Gasteiger partial charge in [0.1, 0.15) is 5.60 Å². The summed E-state index contributed by atoms with van der Waals surface area (Å²) in [6, 6.07) is 4.49. The topological polar surface area (TPSA) is 124 Å². The smallest absolute Gasteiger partial charge is 0.407 e. The number of benzene rings is 1. The van der Waals surface area contributed by atoms with Crippen molar-refractivity contribution in [2.75, 3.05) is 19.6 Å². The first kappa shape index (κ1) is 15.2. The van der Waals surface area contributed by atoms with Crippen molar-refractivity contribution in [2.24, 2.45) is 0 Å². The van der Waals surface area contributed by atoms with Crippen molar-refractivity contribution in [3.63, 3.8) is 0 Å². The second-order valence-electron chi connectivity index (χ2n) is 6.12. The minimum atomic E-state index is -3.67. The van der Waals surface area contributed by atoms with Gasteiger partial charge in [0.2, 0.25) is 10.0 Å². The summed E-state index contributed by atoms with van der Waals surface area (Å²) in [5.74, 6) is 0. The SMILES string of the molecule is O=C1NCC2(CCN(S(=O)(=O)c3ccc4[nH]c(=O)[nH]c4c3)CC2)O1. The average Bonchev–Trinajstić information content (AvgIpc) is 3.09. The number of carbonyl (C=O) groups excluding carboxylic acids is 1. The van der Waals surface area contributed by atoms with Crippen LogP contribution in [0.4, 0.5) is 4.79 Å². The van der Waals surface area contributed by atoms with Gasteiger partial charge in [0.05, 0.1) is 22.5 Å². The molecule has 1 aromatic heterocycles. The number of amides is 1. The molecule has 0 radical (unpaired) electrons. The van der Waals surface area contributed by atoms with E-state index in [1.807, 2.05) is 0 Å². The van der Waals surface area contributed by atoms with Crippen LogP contribution in [0.25, 0.3) is 11.0 Å². The third kappa shape index (κ3) is 2.38. The Morgan fingerprint density at radius 1 is 1.08 bits per heavy atom. The van der Waals surface area contributed by atoms with Gasteiger partial charge in [-0.25, -0.2) is 18.0 Å². The highest BCUT2D eigenvalue weighted by molar-refractivity contribution is 7.89. The van der Waals surface area contributed by atoms with Crippen LogP contribution in [0, 0.1) is 0 Å². The number of hydrogen-bond acceptors (Lipinski definition) is 5. The Morgan fingerprint density at radius 3 is 2.46 bits per heavy atom. The lowest BCUT2D eigenvalue weighted by atomic mass is 9.93. The first-order valence-corrected chi connectivity index (χ1v) is 9.01. The number of ether oxygens (including phenoxy) is 1. The summed E-state index contributed by atoms with van der Waals surface area (Å²) < 4.78 is 32.3. The molecule has 1 aromatic carbocycles. The molecule has 0 unspecified atom stereocenters. The van der Waals surface area contributed by atoms with E-state index in [0.717, 1.165) is 0 Å². The molecule has 9 nitrogen and oxygen atoms in total. The van der Waals surface area contributed by atoms with Crippen LogP contribution < -0.4 is 11.0 Å². The van der Waals surface area contributed by atoms with Crippen LogP contribution in [0.2, 0.25) is 0 Å². The lowest BCUT2D eigenvalue weighted by molar-refractivity contribution is 0.0173. The maximum absolute atomic E-state index is 12.8. The Balaban J connectivity index is 1.58. The molecular formula is C14H16N4O5S. The zero-order chi connectivity index (χ0) is 16.9. The predicted molar refractivity (Wildman–Crippen MR) is 84.1 cm³/mol. The third-order valence-corrected chi connectivity index (χ3v) is 6.52. The summed E-state index contributed by atoms with van der Waals surface area (Å²) in [7, 11) is -3.67. The quantitative estimate of drug-likeness (QED) is 0.708. The molecule has 3 N–H and O–H groups in total. The Labute approximate surface area is 137 Å². The molecule has 0 bridgehead atoms. The first-order valence-electron chi connectivity index (χ1n) is 7.57. The summed E-state index contributed by atoms with van der Waals surface area (Å²) in [6.07, 6.45) is 0.454. The Morgan fingerprint density at radius 2 is 1.79 bits per heavy atom. The number of alkyl carbamates (subject to hydrolysis) is 1. The van der Waals surface area contributed by atoms with Crippen LogP contribution in [0.1, 0.15) is 12.8 Å². The number of rotatable bonds is 2. The van der Waals surface area contributed by atoms with E-state index in [4.69, 9.17) is 4.74 Å². The van der Waals surface area contributed by atoms with Gasteiger partial charge in [-0.3, -0.25) is 0 Å². The normalized spacial score (nSPS) is 21.1. The molecule has 2 aromatic rings. The van der Waals surface area contributed by atoms with Gasteiger partial charge in [-0.05, 0) is 18.2 Å². The second-order valence-corrected chi connectivity index (χ2v) is 8.05. The standard InChI is InChI=1S/C14H16N4O5S/c19-12-16-10-2-1-9(7-11(10)17-12)24(21,22)18-5-3-14(4-6-18)8-15-13(20)23-14/h1-2,7H,3-6,8H2,(H,15,20)(H2,16,17,19). The maximum Gasteiger partial charge on any atom is 0.407 e. The van der Waals surface area contributed by atoms with Crippen LogP contribution in [-0.4, -0.2) is 54.0 Å². The Hall–Kier alpha value is -2.33. The van der Waals surface area contributed by atoms with Crippen molar-refractivity contribution in [1.29, 1.82) is 0 Å². The summed E-state index contributed by atoms with van der Waals surface area (Å²) in [6.45, 7) is 0.967. The highest BCUT2D eigenvalue weighted by Crippen LogP contribution is 2.32. The monoisotopic (exact) mass is 352 g/mol. The predicted octanol–water partition coefficient (Wildman–Crippen LogP) is 0.119. The van der Waals surface area contributed by atoms with Crippen molar-refractivity contribution < 1.29 is 17.9 Å². The summed E-state index contributed by atoms with van der Waals surface area (Å²) >= 11 is 0. The molecule has 128 valence electrons. The van der Waals surface area contributed by atoms with Gasteiger partial charge in [-0.1, -0.05) is 0 Å². The molecule has 24 heavy (non-hydrogen) atoms. The van der Waals surface area contributed by atoms with Gasteiger partial charge in [-0.2, -0.15) is 4.31 Å². The maximum atomic E-state index is 12.8. The number of carbonyl (C=O) groups is 1. The number of H-pyrrole nitrogens is 2.